The van der Waals surface area contributed by atoms with Crippen LogP contribution < -0.4 is 0 Å². The Morgan fingerprint density at radius 2 is 1.92 bits per heavy atom. The Morgan fingerprint density at radius 3 is 2.56 bits per heavy atom. The fraction of sp³-hybridized carbons (Fsp3) is 0.444. The number of aromatic nitrogens is 2. The van der Waals surface area contributed by atoms with Crippen molar-refractivity contribution in [1.29, 1.82) is 0 Å². The largest absolute Gasteiger partial charge is 0.337 e. The molecular formula is C18H22N4O3. The van der Waals surface area contributed by atoms with Crippen LogP contribution in [0.5, 0.6) is 0 Å². The van der Waals surface area contributed by atoms with Gasteiger partial charge in [0, 0.05) is 12.5 Å². The first-order chi connectivity index (χ1) is 12.0. The number of hydrogen-bond acceptors (Lipinski definition) is 5. The summed E-state index contributed by atoms with van der Waals surface area (Å²) in [6.45, 7) is 6.31. The van der Waals surface area contributed by atoms with Crippen LogP contribution in [0, 0.1) is 0 Å². The third-order valence-corrected chi connectivity index (χ3v) is 4.31. The van der Waals surface area contributed by atoms with Crippen molar-refractivity contribution in [1.82, 2.24) is 19.9 Å². The number of nitrogens with zero attached hydrogens (tertiary/aromatic N) is 4. The van der Waals surface area contributed by atoms with E-state index in [4.69, 9.17) is 4.52 Å². The maximum absolute atomic E-state index is 12.7. The minimum absolute atomic E-state index is 0.0588. The predicted molar refractivity (Wildman–Crippen MR) is 90.3 cm³/mol. The molecule has 0 aliphatic carbocycles. The van der Waals surface area contributed by atoms with E-state index in [1.807, 2.05) is 44.2 Å². The van der Waals surface area contributed by atoms with Crippen molar-refractivity contribution in [3.8, 4) is 0 Å². The number of carbonyl (C=O) groups is 2. The van der Waals surface area contributed by atoms with Gasteiger partial charge in [0.05, 0.1) is 0 Å². The average Bonchev–Trinajstić information content (AvgIpc) is 3.06. The van der Waals surface area contributed by atoms with Crippen LogP contribution in [0.25, 0.3) is 0 Å². The topological polar surface area (TPSA) is 79.5 Å². The van der Waals surface area contributed by atoms with Gasteiger partial charge in [-0.3, -0.25) is 9.59 Å². The highest BCUT2D eigenvalue weighted by Crippen LogP contribution is 2.19. The third-order valence-electron chi connectivity index (χ3n) is 4.31. The van der Waals surface area contributed by atoms with E-state index >= 15 is 0 Å². The highest BCUT2D eigenvalue weighted by molar-refractivity contribution is 5.94. The smallest absolute Gasteiger partial charge is 0.246 e. The zero-order valence-corrected chi connectivity index (χ0v) is 14.7. The first-order valence-electron chi connectivity index (χ1n) is 8.40. The van der Waals surface area contributed by atoms with Gasteiger partial charge in [0.15, 0.2) is 5.82 Å². The van der Waals surface area contributed by atoms with Crippen LogP contribution in [-0.2, 0) is 22.7 Å². The van der Waals surface area contributed by atoms with Gasteiger partial charge in [-0.25, -0.2) is 0 Å². The minimum atomic E-state index is -0.556. The lowest BCUT2D eigenvalue weighted by atomic mass is 10.1. The lowest BCUT2D eigenvalue weighted by Crippen LogP contribution is -2.58. The zero-order chi connectivity index (χ0) is 18.0. The van der Waals surface area contributed by atoms with Gasteiger partial charge in [0.1, 0.15) is 19.1 Å². The Morgan fingerprint density at radius 1 is 1.20 bits per heavy atom. The maximum atomic E-state index is 12.7. The summed E-state index contributed by atoms with van der Waals surface area (Å²) in [6.07, 6.45) is 0. The molecule has 1 atom stereocenters. The monoisotopic (exact) mass is 342 g/mol. The number of hydrogen-bond donors (Lipinski definition) is 0. The summed E-state index contributed by atoms with van der Waals surface area (Å²) >= 11 is 0. The molecule has 0 unspecified atom stereocenters. The molecule has 0 saturated carbocycles. The Bertz CT molecular complexity index is 757. The van der Waals surface area contributed by atoms with Gasteiger partial charge in [0.25, 0.3) is 0 Å². The molecule has 0 N–H and O–H groups in total. The van der Waals surface area contributed by atoms with E-state index in [2.05, 4.69) is 10.1 Å². The van der Waals surface area contributed by atoms with Crippen molar-refractivity contribution in [2.45, 2.75) is 45.8 Å². The number of amides is 2. The van der Waals surface area contributed by atoms with Crippen LogP contribution in [0.3, 0.4) is 0 Å². The van der Waals surface area contributed by atoms with E-state index in [-0.39, 0.29) is 30.8 Å². The van der Waals surface area contributed by atoms with E-state index in [1.165, 1.54) is 4.90 Å². The molecule has 2 aromatic rings. The number of carbonyl (C=O) groups excluding carboxylic acids is 2. The average molecular weight is 342 g/mol. The standard InChI is InChI=1S/C18H22N4O3/c1-12(2)17-19-15(25-20-17)10-22-13(3)18(24)21(11-16(22)23)9-14-7-5-4-6-8-14/h4-8,12-13H,9-11H2,1-3H3/t13-/m0/s1. The first kappa shape index (κ1) is 17.1. The van der Waals surface area contributed by atoms with Crippen molar-refractivity contribution in [2.75, 3.05) is 6.54 Å². The molecule has 1 aromatic carbocycles. The molecule has 7 heteroatoms. The van der Waals surface area contributed by atoms with Crippen molar-refractivity contribution < 1.29 is 14.1 Å². The zero-order valence-electron chi connectivity index (χ0n) is 14.7. The van der Waals surface area contributed by atoms with Crippen LogP contribution in [0.4, 0.5) is 0 Å². The van der Waals surface area contributed by atoms with Crippen LogP contribution in [-0.4, -0.2) is 44.3 Å². The Balaban J connectivity index is 1.69. The number of piperazine rings is 1. The van der Waals surface area contributed by atoms with E-state index in [0.717, 1.165) is 5.56 Å². The molecule has 7 nitrogen and oxygen atoms in total. The van der Waals surface area contributed by atoms with Crippen LogP contribution in [0.15, 0.2) is 34.9 Å². The van der Waals surface area contributed by atoms with Crippen LogP contribution in [0.1, 0.15) is 44.0 Å². The Kier molecular flexibility index (Phi) is 4.83. The molecule has 25 heavy (non-hydrogen) atoms. The molecule has 1 fully saturated rings. The lowest BCUT2D eigenvalue weighted by molar-refractivity contribution is -0.156. The molecule has 2 heterocycles. The Labute approximate surface area is 146 Å². The fourth-order valence-corrected chi connectivity index (χ4v) is 2.82. The molecular weight excluding hydrogens is 320 g/mol. The molecule has 1 aromatic heterocycles. The summed E-state index contributed by atoms with van der Waals surface area (Å²) in [7, 11) is 0. The van der Waals surface area contributed by atoms with Crippen molar-refractivity contribution in [2.24, 2.45) is 0 Å². The number of benzene rings is 1. The second kappa shape index (κ2) is 7.04. The lowest BCUT2D eigenvalue weighted by Gasteiger charge is -2.38. The number of rotatable bonds is 5. The molecule has 1 aliphatic heterocycles. The second-order valence-corrected chi connectivity index (χ2v) is 6.58. The maximum Gasteiger partial charge on any atom is 0.246 e. The molecule has 2 amide bonds. The fourth-order valence-electron chi connectivity index (χ4n) is 2.82. The van der Waals surface area contributed by atoms with Gasteiger partial charge in [-0.05, 0) is 12.5 Å². The normalized spacial score (nSPS) is 18.3. The van der Waals surface area contributed by atoms with Gasteiger partial charge in [0.2, 0.25) is 17.7 Å². The molecule has 132 valence electrons. The summed E-state index contributed by atoms with van der Waals surface area (Å²) in [5.74, 6) is 0.909. The van der Waals surface area contributed by atoms with Crippen LogP contribution >= 0.6 is 0 Å². The minimum Gasteiger partial charge on any atom is -0.337 e. The summed E-state index contributed by atoms with van der Waals surface area (Å²) in [5, 5.41) is 3.90. The van der Waals surface area contributed by atoms with Gasteiger partial charge in [-0.2, -0.15) is 4.98 Å². The van der Waals surface area contributed by atoms with Crippen LogP contribution in [0.2, 0.25) is 0 Å². The second-order valence-electron chi connectivity index (χ2n) is 6.58. The van der Waals surface area contributed by atoms with E-state index < -0.39 is 6.04 Å². The molecule has 1 aliphatic rings. The van der Waals surface area contributed by atoms with Crippen molar-refractivity contribution >= 4 is 11.8 Å². The van der Waals surface area contributed by atoms with Crippen molar-refractivity contribution in [3.05, 3.63) is 47.6 Å². The molecule has 1 saturated heterocycles. The van der Waals surface area contributed by atoms with Crippen molar-refractivity contribution in [3.63, 3.8) is 0 Å². The van der Waals surface area contributed by atoms with E-state index in [1.54, 1.807) is 11.8 Å². The third kappa shape index (κ3) is 3.70. The van der Waals surface area contributed by atoms with Gasteiger partial charge in [-0.1, -0.05) is 49.3 Å². The van der Waals surface area contributed by atoms with Gasteiger partial charge in [-0.15, -0.1) is 0 Å². The Hall–Kier alpha value is -2.70. The quantitative estimate of drug-likeness (QED) is 0.830. The highest BCUT2D eigenvalue weighted by Gasteiger charge is 2.37. The SMILES string of the molecule is CC(C)c1noc(CN2C(=O)CN(Cc3ccccc3)C(=O)[C@@H]2C)n1. The first-order valence-corrected chi connectivity index (χ1v) is 8.40. The predicted octanol–water partition coefficient (Wildman–Crippen LogP) is 1.95. The molecule has 3 rings (SSSR count). The van der Waals surface area contributed by atoms with Gasteiger partial charge >= 0.3 is 0 Å². The molecule has 0 spiro atoms. The van der Waals surface area contributed by atoms with E-state index in [0.29, 0.717) is 18.3 Å². The summed E-state index contributed by atoms with van der Waals surface area (Å²) in [6, 6.07) is 9.10. The summed E-state index contributed by atoms with van der Waals surface area (Å²) in [5.41, 5.74) is 1.00. The summed E-state index contributed by atoms with van der Waals surface area (Å²) in [4.78, 5) is 32.6. The molecule has 0 bridgehead atoms. The molecule has 0 radical (unpaired) electrons. The van der Waals surface area contributed by atoms with E-state index in [9.17, 15) is 9.59 Å². The summed E-state index contributed by atoms with van der Waals surface area (Å²) < 4.78 is 5.20. The van der Waals surface area contributed by atoms with Gasteiger partial charge < -0.3 is 14.3 Å². The highest BCUT2D eigenvalue weighted by atomic mass is 16.5.